The van der Waals surface area contributed by atoms with Gasteiger partial charge in [0.15, 0.2) is 0 Å². The molecule has 32 heavy (non-hydrogen) atoms. The molecule has 2 N–H and O–H groups in total. The second-order valence-corrected chi connectivity index (χ2v) is 7.94. The number of carbonyl (C=O) groups is 1. The first kappa shape index (κ1) is 21.9. The summed E-state index contributed by atoms with van der Waals surface area (Å²) >= 11 is 0. The van der Waals surface area contributed by atoms with E-state index in [0.717, 1.165) is 54.5 Å². The first-order valence-corrected chi connectivity index (χ1v) is 10.3. The van der Waals surface area contributed by atoms with Crippen molar-refractivity contribution < 1.29 is 18.0 Å². The van der Waals surface area contributed by atoms with E-state index < -0.39 is 17.8 Å². The van der Waals surface area contributed by atoms with Crippen molar-refractivity contribution in [3.63, 3.8) is 0 Å². The molecule has 6 nitrogen and oxygen atoms in total. The van der Waals surface area contributed by atoms with E-state index in [9.17, 15) is 18.0 Å². The summed E-state index contributed by atoms with van der Waals surface area (Å²) in [4.78, 5) is 21.7. The van der Waals surface area contributed by atoms with Gasteiger partial charge in [-0.15, -0.1) is 0 Å². The van der Waals surface area contributed by atoms with Crippen LogP contribution < -0.4 is 15.5 Å². The quantitative estimate of drug-likeness (QED) is 0.601. The molecule has 0 spiro atoms. The zero-order chi connectivity index (χ0) is 22.9. The number of alkyl halides is 3. The highest BCUT2D eigenvalue weighted by Crippen LogP contribution is 2.34. The van der Waals surface area contributed by atoms with Crippen LogP contribution in [-0.4, -0.2) is 49.1 Å². The van der Waals surface area contributed by atoms with Crippen LogP contribution in [0, 0.1) is 6.92 Å². The molecule has 1 fully saturated rings. The minimum atomic E-state index is -4.56. The number of para-hydroxylation sites is 1. The van der Waals surface area contributed by atoms with Crippen molar-refractivity contribution in [2.75, 3.05) is 48.8 Å². The smallest absolute Gasteiger partial charge is 0.354 e. The lowest BCUT2D eigenvalue weighted by atomic mass is 10.1. The van der Waals surface area contributed by atoms with E-state index in [1.165, 1.54) is 18.2 Å². The molecular weight excluding hydrogens is 419 g/mol. The minimum Gasteiger partial charge on any atom is -0.354 e. The summed E-state index contributed by atoms with van der Waals surface area (Å²) < 4.78 is 39.4. The van der Waals surface area contributed by atoms with Gasteiger partial charge in [0, 0.05) is 37.3 Å². The number of aromatic nitrogens is 1. The van der Waals surface area contributed by atoms with Gasteiger partial charge in [0.2, 0.25) is 0 Å². The maximum atomic E-state index is 13.1. The Morgan fingerprint density at radius 3 is 2.44 bits per heavy atom. The number of benzene rings is 2. The second kappa shape index (κ2) is 8.66. The predicted molar refractivity (Wildman–Crippen MR) is 120 cm³/mol. The van der Waals surface area contributed by atoms with E-state index in [1.807, 2.05) is 13.0 Å². The molecule has 0 radical (unpaired) electrons. The summed E-state index contributed by atoms with van der Waals surface area (Å²) in [6.07, 6.45) is -4.56. The standard InChI is InChI=1S/C23H24F3N5O/c1-15-13-21(31-11-9-30(2)10-12-31)28-19-8-7-16(14-17(15)19)27-22(32)29-20-6-4-3-5-18(20)23(24,25)26/h3-8,13-14H,9-12H2,1-2H3,(H2,27,29,32). The zero-order valence-corrected chi connectivity index (χ0v) is 17.8. The van der Waals surface area contributed by atoms with Crippen LogP contribution in [-0.2, 0) is 6.18 Å². The summed E-state index contributed by atoms with van der Waals surface area (Å²) in [6.45, 7) is 5.76. The summed E-state index contributed by atoms with van der Waals surface area (Å²) in [5.74, 6) is 0.922. The molecule has 1 aromatic heterocycles. The summed E-state index contributed by atoms with van der Waals surface area (Å²) in [6, 6.07) is 11.4. The average Bonchev–Trinajstić information content (AvgIpc) is 2.74. The number of amides is 2. The molecule has 1 saturated heterocycles. The Kier molecular flexibility index (Phi) is 5.92. The van der Waals surface area contributed by atoms with Crippen molar-refractivity contribution in [3.8, 4) is 0 Å². The number of halogens is 3. The number of nitrogens with zero attached hydrogens (tertiary/aromatic N) is 3. The van der Waals surface area contributed by atoms with Crippen molar-refractivity contribution in [1.29, 1.82) is 0 Å². The van der Waals surface area contributed by atoms with E-state index in [-0.39, 0.29) is 5.69 Å². The molecule has 2 aromatic carbocycles. The van der Waals surface area contributed by atoms with Crippen LogP contribution in [0.3, 0.4) is 0 Å². The number of piperazine rings is 1. The lowest BCUT2D eigenvalue weighted by Gasteiger charge is -2.33. The van der Waals surface area contributed by atoms with Crippen molar-refractivity contribution in [2.45, 2.75) is 13.1 Å². The SMILES string of the molecule is Cc1cc(N2CCN(C)CC2)nc2ccc(NC(=O)Nc3ccccc3C(F)(F)F)cc12. The fourth-order valence-corrected chi connectivity index (χ4v) is 3.78. The van der Waals surface area contributed by atoms with Crippen LogP contribution in [0.2, 0.25) is 0 Å². The number of urea groups is 1. The number of aryl methyl sites for hydroxylation is 1. The van der Waals surface area contributed by atoms with Gasteiger partial charge < -0.3 is 20.4 Å². The monoisotopic (exact) mass is 443 g/mol. The van der Waals surface area contributed by atoms with Crippen LogP contribution in [0.15, 0.2) is 48.5 Å². The van der Waals surface area contributed by atoms with Gasteiger partial charge in [0.25, 0.3) is 0 Å². The predicted octanol–water partition coefficient (Wildman–Crippen LogP) is 4.96. The van der Waals surface area contributed by atoms with Crippen LogP contribution in [0.4, 0.5) is 35.2 Å². The molecule has 2 heterocycles. The van der Waals surface area contributed by atoms with E-state index in [2.05, 4.69) is 27.5 Å². The molecule has 0 aliphatic carbocycles. The van der Waals surface area contributed by atoms with E-state index in [4.69, 9.17) is 4.98 Å². The van der Waals surface area contributed by atoms with E-state index in [1.54, 1.807) is 18.2 Å². The molecular formula is C23H24F3N5O. The van der Waals surface area contributed by atoms with Crippen molar-refractivity contribution in [2.24, 2.45) is 0 Å². The van der Waals surface area contributed by atoms with E-state index in [0.29, 0.717) is 5.69 Å². The lowest BCUT2D eigenvalue weighted by molar-refractivity contribution is -0.136. The topological polar surface area (TPSA) is 60.5 Å². The molecule has 9 heteroatoms. The Morgan fingerprint density at radius 1 is 1.00 bits per heavy atom. The van der Waals surface area contributed by atoms with Crippen LogP contribution in [0.1, 0.15) is 11.1 Å². The molecule has 0 saturated carbocycles. The summed E-state index contributed by atoms with van der Waals surface area (Å²) in [7, 11) is 2.10. The van der Waals surface area contributed by atoms with Gasteiger partial charge in [-0.25, -0.2) is 9.78 Å². The zero-order valence-electron chi connectivity index (χ0n) is 17.8. The van der Waals surface area contributed by atoms with Gasteiger partial charge >= 0.3 is 12.2 Å². The van der Waals surface area contributed by atoms with Gasteiger partial charge in [-0.1, -0.05) is 12.1 Å². The number of fused-ring (bicyclic) bond motifs is 1. The molecule has 4 rings (SSSR count). The number of anilines is 3. The van der Waals surface area contributed by atoms with E-state index >= 15 is 0 Å². The fourth-order valence-electron chi connectivity index (χ4n) is 3.78. The third kappa shape index (κ3) is 4.77. The Bertz CT molecular complexity index is 1140. The van der Waals surface area contributed by atoms with Crippen molar-refractivity contribution in [1.82, 2.24) is 9.88 Å². The molecule has 168 valence electrons. The number of carbonyl (C=O) groups excluding carboxylic acids is 1. The van der Waals surface area contributed by atoms with Gasteiger partial charge in [0.1, 0.15) is 5.82 Å². The Hall–Kier alpha value is -3.33. The van der Waals surface area contributed by atoms with Crippen LogP contribution in [0.25, 0.3) is 10.9 Å². The maximum absolute atomic E-state index is 13.1. The maximum Gasteiger partial charge on any atom is 0.418 e. The first-order valence-electron chi connectivity index (χ1n) is 10.3. The van der Waals surface area contributed by atoms with Gasteiger partial charge in [-0.05, 0) is 55.9 Å². The number of hydrogen-bond acceptors (Lipinski definition) is 4. The largest absolute Gasteiger partial charge is 0.418 e. The lowest BCUT2D eigenvalue weighted by Crippen LogP contribution is -2.44. The Labute approximate surface area is 184 Å². The van der Waals surface area contributed by atoms with Gasteiger partial charge in [0.05, 0.1) is 16.8 Å². The minimum absolute atomic E-state index is 0.298. The Morgan fingerprint density at radius 2 is 1.72 bits per heavy atom. The second-order valence-electron chi connectivity index (χ2n) is 7.94. The molecule has 1 aliphatic rings. The first-order chi connectivity index (χ1) is 15.2. The fraction of sp³-hybridized carbons (Fsp3) is 0.304. The molecule has 0 bridgehead atoms. The highest BCUT2D eigenvalue weighted by atomic mass is 19.4. The van der Waals surface area contributed by atoms with Crippen molar-refractivity contribution in [3.05, 3.63) is 59.7 Å². The third-order valence-corrected chi connectivity index (χ3v) is 5.57. The van der Waals surface area contributed by atoms with Crippen LogP contribution in [0.5, 0.6) is 0 Å². The number of rotatable bonds is 3. The Balaban J connectivity index is 1.51. The average molecular weight is 443 g/mol. The molecule has 0 unspecified atom stereocenters. The molecule has 3 aromatic rings. The third-order valence-electron chi connectivity index (χ3n) is 5.57. The number of pyridine rings is 1. The summed E-state index contributed by atoms with van der Waals surface area (Å²) in [5.41, 5.74) is 1.08. The van der Waals surface area contributed by atoms with Crippen molar-refractivity contribution >= 4 is 34.1 Å². The summed E-state index contributed by atoms with van der Waals surface area (Å²) in [5, 5.41) is 5.77. The molecule has 1 aliphatic heterocycles. The highest BCUT2D eigenvalue weighted by Gasteiger charge is 2.33. The number of likely N-dealkylation sites (N-methyl/N-ethyl adjacent to an activating group) is 1. The van der Waals surface area contributed by atoms with Crippen LogP contribution >= 0.6 is 0 Å². The van der Waals surface area contributed by atoms with Gasteiger partial charge in [-0.2, -0.15) is 13.2 Å². The normalized spacial score (nSPS) is 15.1. The molecule has 0 atom stereocenters. The highest BCUT2D eigenvalue weighted by molar-refractivity contribution is 6.01. The van der Waals surface area contributed by atoms with Gasteiger partial charge in [-0.3, -0.25) is 0 Å². The number of hydrogen-bond donors (Lipinski definition) is 2. The molecule has 2 amide bonds. The number of nitrogens with one attached hydrogen (secondary N) is 2.